The number of halogens is 7. The predicted octanol–water partition coefficient (Wildman–Crippen LogP) is 4.34. The summed E-state index contributed by atoms with van der Waals surface area (Å²) < 4.78 is 75.1. The molecule has 1 aromatic carbocycles. The van der Waals surface area contributed by atoms with Crippen LogP contribution in [0.5, 0.6) is 0 Å². The van der Waals surface area contributed by atoms with E-state index < -0.39 is 29.0 Å². The van der Waals surface area contributed by atoms with E-state index in [9.17, 15) is 26.3 Å². The second kappa shape index (κ2) is 5.20. The van der Waals surface area contributed by atoms with Gasteiger partial charge >= 0.3 is 12.4 Å². The van der Waals surface area contributed by atoms with Crippen molar-refractivity contribution in [2.75, 3.05) is 0 Å². The lowest BCUT2D eigenvalue weighted by molar-refractivity contribution is -0.143. The van der Waals surface area contributed by atoms with Crippen LogP contribution in [-0.2, 0) is 17.9 Å². The molecule has 1 aromatic rings. The van der Waals surface area contributed by atoms with Gasteiger partial charge in [-0.25, -0.2) is 0 Å². The molecule has 0 radical (unpaired) electrons. The minimum atomic E-state index is -4.85. The Bertz CT molecular complexity index is 365. The van der Waals surface area contributed by atoms with Gasteiger partial charge in [-0.1, -0.05) is 0 Å². The standard InChI is InChI=1S/C11H11F6N.ClH/c1-9(2,18)6-3-7(10(12,13)14)5-8(4-6)11(15,16)17;/h3-5H,18H2,1-2H3;1H. The molecule has 0 fully saturated rings. The Morgan fingerprint density at radius 3 is 1.21 bits per heavy atom. The fourth-order valence-corrected chi connectivity index (χ4v) is 1.33. The minimum Gasteiger partial charge on any atom is -0.322 e. The molecule has 0 aromatic heterocycles. The fraction of sp³-hybridized carbons (Fsp3) is 0.455. The molecule has 110 valence electrons. The van der Waals surface area contributed by atoms with Crippen molar-refractivity contribution in [2.24, 2.45) is 5.73 Å². The molecule has 0 aliphatic rings. The number of rotatable bonds is 1. The summed E-state index contributed by atoms with van der Waals surface area (Å²) in [5.74, 6) is 0. The number of hydrogen-bond donors (Lipinski definition) is 1. The second-order valence-electron chi connectivity index (χ2n) is 4.52. The van der Waals surface area contributed by atoms with Crippen LogP contribution < -0.4 is 5.73 Å². The number of hydrogen-bond acceptors (Lipinski definition) is 1. The largest absolute Gasteiger partial charge is 0.416 e. The Kier molecular flexibility index (Phi) is 4.94. The maximum Gasteiger partial charge on any atom is 0.416 e. The van der Waals surface area contributed by atoms with Crippen molar-refractivity contribution in [2.45, 2.75) is 31.7 Å². The molecule has 1 nitrogen and oxygen atoms in total. The molecule has 0 atom stereocenters. The highest BCUT2D eigenvalue weighted by Crippen LogP contribution is 2.37. The Labute approximate surface area is 112 Å². The molecule has 1 rings (SSSR count). The smallest absolute Gasteiger partial charge is 0.322 e. The van der Waals surface area contributed by atoms with Crippen molar-refractivity contribution in [3.8, 4) is 0 Å². The molecule has 0 aliphatic heterocycles. The first-order valence-corrected chi connectivity index (χ1v) is 4.90. The maximum atomic E-state index is 12.5. The van der Waals surface area contributed by atoms with Crippen molar-refractivity contribution in [1.29, 1.82) is 0 Å². The molecule has 19 heavy (non-hydrogen) atoms. The molecule has 0 amide bonds. The molecule has 0 heterocycles. The van der Waals surface area contributed by atoms with Gasteiger partial charge in [0, 0.05) is 5.54 Å². The maximum absolute atomic E-state index is 12.5. The monoisotopic (exact) mass is 307 g/mol. The Morgan fingerprint density at radius 1 is 0.737 bits per heavy atom. The summed E-state index contributed by atoms with van der Waals surface area (Å²) in [6.07, 6.45) is -9.69. The normalized spacial score (nSPS) is 13.1. The summed E-state index contributed by atoms with van der Waals surface area (Å²) in [6, 6.07) is 1.35. The van der Waals surface area contributed by atoms with Gasteiger partial charge in [-0.3, -0.25) is 0 Å². The summed E-state index contributed by atoms with van der Waals surface area (Å²) >= 11 is 0. The van der Waals surface area contributed by atoms with E-state index in [-0.39, 0.29) is 24.0 Å². The third-order valence-corrected chi connectivity index (χ3v) is 2.33. The Balaban J connectivity index is 0.00000324. The average Bonchev–Trinajstić information content (AvgIpc) is 2.13. The van der Waals surface area contributed by atoms with Crippen LogP contribution in [0.4, 0.5) is 26.3 Å². The molecule has 0 saturated heterocycles. The van der Waals surface area contributed by atoms with E-state index in [4.69, 9.17) is 5.73 Å². The van der Waals surface area contributed by atoms with Gasteiger partial charge in [0.1, 0.15) is 0 Å². The molecular formula is C11H12ClF6N. The highest BCUT2D eigenvalue weighted by Gasteiger charge is 2.37. The SMILES string of the molecule is CC(C)(N)c1cc(C(F)(F)F)cc(C(F)(F)F)c1.Cl. The van der Waals surface area contributed by atoms with Gasteiger partial charge in [0.15, 0.2) is 0 Å². The molecule has 0 unspecified atom stereocenters. The Morgan fingerprint density at radius 2 is 1.00 bits per heavy atom. The van der Waals surface area contributed by atoms with Crippen LogP contribution in [0.1, 0.15) is 30.5 Å². The lowest BCUT2D eigenvalue weighted by atomic mass is 9.92. The van der Waals surface area contributed by atoms with Gasteiger partial charge in [-0.15, -0.1) is 12.4 Å². The molecule has 0 spiro atoms. The lowest BCUT2D eigenvalue weighted by Crippen LogP contribution is -2.29. The molecule has 0 aliphatic carbocycles. The van der Waals surface area contributed by atoms with E-state index in [1.165, 1.54) is 13.8 Å². The van der Waals surface area contributed by atoms with Crippen molar-refractivity contribution < 1.29 is 26.3 Å². The van der Waals surface area contributed by atoms with Crippen molar-refractivity contribution >= 4 is 12.4 Å². The zero-order valence-electron chi connectivity index (χ0n) is 9.99. The van der Waals surface area contributed by atoms with Crippen LogP contribution in [-0.4, -0.2) is 0 Å². The number of alkyl halides is 6. The third kappa shape index (κ3) is 4.58. The van der Waals surface area contributed by atoms with Gasteiger partial charge in [0.25, 0.3) is 0 Å². The summed E-state index contributed by atoms with van der Waals surface area (Å²) in [5.41, 5.74) is 1.33. The molecule has 8 heteroatoms. The highest BCUT2D eigenvalue weighted by molar-refractivity contribution is 5.85. The molecule has 0 bridgehead atoms. The van der Waals surface area contributed by atoms with Crippen LogP contribution >= 0.6 is 12.4 Å². The first kappa shape index (κ1) is 18.0. The van der Waals surface area contributed by atoms with Gasteiger partial charge in [-0.2, -0.15) is 26.3 Å². The van der Waals surface area contributed by atoms with Gasteiger partial charge < -0.3 is 5.73 Å². The van der Waals surface area contributed by atoms with Crippen molar-refractivity contribution in [3.63, 3.8) is 0 Å². The van der Waals surface area contributed by atoms with Crippen LogP contribution in [0.2, 0.25) is 0 Å². The highest BCUT2D eigenvalue weighted by atomic mass is 35.5. The van der Waals surface area contributed by atoms with Crippen LogP contribution in [0.25, 0.3) is 0 Å². The van der Waals surface area contributed by atoms with Gasteiger partial charge in [0.05, 0.1) is 11.1 Å². The first-order valence-electron chi connectivity index (χ1n) is 4.90. The van der Waals surface area contributed by atoms with E-state index in [0.29, 0.717) is 12.1 Å². The molecular weight excluding hydrogens is 296 g/mol. The van der Waals surface area contributed by atoms with Crippen LogP contribution in [0.15, 0.2) is 18.2 Å². The average molecular weight is 308 g/mol. The van der Waals surface area contributed by atoms with Crippen LogP contribution in [0, 0.1) is 0 Å². The van der Waals surface area contributed by atoms with E-state index in [1.807, 2.05) is 0 Å². The molecule has 2 N–H and O–H groups in total. The van der Waals surface area contributed by atoms with Crippen molar-refractivity contribution in [1.82, 2.24) is 0 Å². The fourth-order valence-electron chi connectivity index (χ4n) is 1.33. The quantitative estimate of drug-likeness (QED) is 0.767. The summed E-state index contributed by atoms with van der Waals surface area (Å²) in [6.45, 7) is 2.67. The Hall–Kier alpha value is -0.950. The minimum absolute atomic E-state index is 0. The number of nitrogens with two attached hydrogens (primary N) is 1. The summed E-state index contributed by atoms with van der Waals surface area (Å²) in [5, 5.41) is 0. The first-order chi connectivity index (χ1) is 7.82. The van der Waals surface area contributed by atoms with Gasteiger partial charge in [-0.05, 0) is 37.6 Å². The summed E-state index contributed by atoms with van der Waals surface area (Å²) in [4.78, 5) is 0. The van der Waals surface area contributed by atoms with Crippen molar-refractivity contribution in [3.05, 3.63) is 34.9 Å². The van der Waals surface area contributed by atoms with E-state index >= 15 is 0 Å². The molecule has 0 saturated carbocycles. The topological polar surface area (TPSA) is 26.0 Å². The third-order valence-electron chi connectivity index (χ3n) is 2.33. The van der Waals surface area contributed by atoms with E-state index in [1.54, 1.807) is 0 Å². The zero-order valence-corrected chi connectivity index (χ0v) is 10.8. The van der Waals surface area contributed by atoms with Gasteiger partial charge in [0.2, 0.25) is 0 Å². The van der Waals surface area contributed by atoms with E-state index in [2.05, 4.69) is 0 Å². The predicted molar refractivity (Wildman–Crippen MR) is 60.9 cm³/mol. The lowest BCUT2D eigenvalue weighted by Gasteiger charge is -2.22. The zero-order chi connectivity index (χ0) is 14.4. The number of benzene rings is 1. The summed E-state index contributed by atoms with van der Waals surface area (Å²) in [7, 11) is 0. The van der Waals surface area contributed by atoms with E-state index in [0.717, 1.165) is 0 Å². The second-order valence-corrected chi connectivity index (χ2v) is 4.52. The van der Waals surface area contributed by atoms with Crippen LogP contribution in [0.3, 0.4) is 0 Å².